The van der Waals surface area contributed by atoms with Crippen LogP contribution in [0.3, 0.4) is 0 Å². The molecule has 0 aromatic carbocycles. The Bertz CT molecular complexity index is 268. The molecular formula is C11H20N2O3. The first-order valence-corrected chi connectivity index (χ1v) is 5.64. The molecule has 5 nitrogen and oxygen atoms in total. The molecule has 1 rings (SSSR count). The molecule has 16 heavy (non-hydrogen) atoms. The number of carbonyl (C=O) groups excluding carboxylic acids is 2. The van der Waals surface area contributed by atoms with Crippen molar-refractivity contribution in [3.8, 4) is 0 Å². The van der Waals surface area contributed by atoms with Crippen LogP contribution in [0.2, 0.25) is 0 Å². The maximum atomic E-state index is 11.9. The van der Waals surface area contributed by atoms with Crippen molar-refractivity contribution in [3.05, 3.63) is 0 Å². The molecule has 92 valence electrons. The molecule has 1 saturated heterocycles. The summed E-state index contributed by atoms with van der Waals surface area (Å²) in [4.78, 5) is 26.2. The Morgan fingerprint density at radius 1 is 1.44 bits per heavy atom. The van der Waals surface area contributed by atoms with Crippen molar-refractivity contribution in [2.75, 3.05) is 27.2 Å². The third kappa shape index (κ3) is 3.12. The van der Waals surface area contributed by atoms with E-state index >= 15 is 0 Å². The molecule has 1 atom stereocenters. The van der Waals surface area contributed by atoms with Gasteiger partial charge in [-0.05, 0) is 26.2 Å². The van der Waals surface area contributed by atoms with Crippen LogP contribution in [0.5, 0.6) is 0 Å². The average molecular weight is 228 g/mol. The Morgan fingerprint density at radius 3 is 2.69 bits per heavy atom. The topological polar surface area (TPSA) is 49.9 Å². The molecule has 0 N–H and O–H groups in total. The minimum absolute atomic E-state index is 0.0000926. The number of piperidine rings is 1. The fourth-order valence-corrected chi connectivity index (χ4v) is 1.98. The second-order valence-electron chi connectivity index (χ2n) is 4.26. The number of nitrogens with zero attached hydrogens (tertiary/aromatic N) is 2. The zero-order chi connectivity index (χ0) is 12.1. The predicted molar refractivity (Wildman–Crippen MR) is 60.1 cm³/mol. The molecule has 0 spiro atoms. The number of ether oxygens (including phenoxy) is 1. The Labute approximate surface area is 96.3 Å². The molecule has 0 aromatic rings. The summed E-state index contributed by atoms with van der Waals surface area (Å²) in [5, 5.41) is 0. The largest absolute Gasteiger partial charge is 0.453 e. The average Bonchev–Trinajstić information content (AvgIpc) is 2.28. The number of carbonyl (C=O) groups is 2. The molecule has 0 aliphatic carbocycles. The molecule has 1 aliphatic heterocycles. The Kier molecular flexibility index (Phi) is 4.58. The molecule has 1 fully saturated rings. The van der Waals surface area contributed by atoms with E-state index in [9.17, 15) is 9.59 Å². The lowest BCUT2D eigenvalue weighted by atomic mass is 10.0. The Hall–Kier alpha value is -1.26. The third-order valence-electron chi connectivity index (χ3n) is 2.98. The molecule has 1 aliphatic rings. The van der Waals surface area contributed by atoms with Crippen molar-refractivity contribution in [3.63, 3.8) is 0 Å². The highest BCUT2D eigenvalue weighted by Gasteiger charge is 2.24. The fourth-order valence-electron chi connectivity index (χ4n) is 1.98. The number of rotatable bonds is 2. The summed E-state index contributed by atoms with van der Waals surface area (Å²) in [5.41, 5.74) is 0. The quantitative estimate of drug-likeness (QED) is 0.710. The van der Waals surface area contributed by atoms with Crippen LogP contribution >= 0.6 is 0 Å². The van der Waals surface area contributed by atoms with Crippen molar-refractivity contribution in [2.24, 2.45) is 0 Å². The SMILES string of the molecule is COC(=O)N(C)CC(=O)N1CCCCC1C. The summed E-state index contributed by atoms with van der Waals surface area (Å²) in [6.45, 7) is 2.95. The van der Waals surface area contributed by atoms with E-state index < -0.39 is 6.09 Å². The summed E-state index contributed by atoms with van der Waals surface area (Å²) in [6.07, 6.45) is 2.81. The summed E-state index contributed by atoms with van der Waals surface area (Å²) in [7, 11) is 2.88. The van der Waals surface area contributed by atoms with Gasteiger partial charge in [-0.2, -0.15) is 0 Å². The van der Waals surface area contributed by atoms with Gasteiger partial charge < -0.3 is 14.5 Å². The van der Waals surface area contributed by atoms with Crippen molar-refractivity contribution >= 4 is 12.0 Å². The van der Waals surface area contributed by atoms with E-state index in [1.165, 1.54) is 18.4 Å². The summed E-state index contributed by atoms with van der Waals surface area (Å²) >= 11 is 0. The van der Waals surface area contributed by atoms with Crippen LogP contribution in [0, 0.1) is 0 Å². The fraction of sp³-hybridized carbons (Fsp3) is 0.818. The van der Waals surface area contributed by atoms with E-state index in [0.717, 1.165) is 19.4 Å². The van der Waals surface area contributed by atoms with Gasteiger partial charge >= 0.3 is 6.09 Å². The van der Waals surface area contributed by atoms with Crippen LogP contribution in [0.1, 0.15) is 26.2 Å². The number of methoxy groups -OCH3 is 1. The second-order valence-corrected chi connectivity index (χ2v) is 4.26. The smallest absolute Gasteiger partial charge is 0.409 e. The lowest BCUT2D eigenvalue weighted by Crippen LogP contribution is -2.47. The highest BCUT2D eigenvalue weighted by molar-refractivity contribution is 5.82. The van der Waals surface area contributed by atoms with E-state index in [4.69, 9.17) is 0 Å². The van der Waals surface area contributed by atoms with Gasteiger partial charge in [0.15, 0.2) is 0 Å². The van der Waals surface area contributed by atoms with Gasteiger partial charge in [-0.25, -0.2) is 4.79 Å². The van der Waals surface area contributed by atoms with E-state index in [2.05, 4.69) is 11.7 Å². The molecule has 0 saturated carbocycles. The summed E-state index contributed by atoms with van der Waals surface area (Å²) in [5.74, 6) is 0.0000926. The van der Waals surface area contributed by atoms with E-state index in [-0.39, 0.29) is 18.5 Å². The highest BCUT2D eigenvalue weighted by Crippen LogP contribution is 2.16. The first kappa shape index (κ1) is 12.8. The highest BCUT2D eigenvalue weighted by atomic mass is 16.5. The van der Waals surface area contributed by atoms with Crippen molar-refractivity contribution in [2.45, 2.75) is 32.2 Å². The van der Waals surface area contributed by atoms with Crippen LogP contribution in [-0.4, -0.2) is 55.1 Å². The lowest BCUT2D eigenvalue weighted by Gasteiger charge is -2.34. The number of amides is 2. The monoisotopic (exact) mass is 228 g/mol. The number of hydrogen-bond acceptors (Lipinski definition) is 3. The van der Waals surface area contributed by atoms with E-state index in [1.807, 2.05) is 4.90 Å². The second kappa shape index (κ2) is 5.72. The third-order valence-corrected chi connectivity index (χ3v) is 2.98. The molecule has 5 heteroatoms. The lowest BCUT2D eigenvalue weighted by molar-refractivity contribution is -0.135. The van der Waals surface area contributed by atoms with Gasteiger partial charge in [-0.1, -0.05) is 0 Å². The van der Waals surface area contributed by atoms with Gasteiger partial charge in [-0.3, -0.25) is 4.79 Å². The van der Waals surface area contributed by atoms with Gasteiger partial charge in [0.25, 0.3) is 0 Å². The summed E-state index contributed by atoms with van der Waals surface area (Å²) in [6, 6.07) is 0.285. The van der Waals surface area contributed by atoms with Gasteiger partial charge in [0.1, 0.15) is 6.54 Å². The molecule has 0 aromatic heterocycles. The standard InChI is InChI=1S/C11H20N2O3/c1-9-6-4-5-7-13(9)10(14)8-12(2)11(15)16-3/h9H,4-8H2,1-3H3. The Morgan fingerprint density at radius 2 is 2.12 bits per heavy atom. The minimum Gasteiger partial charge on any atom is -0.453 e. The Balaban J connectivity index is 2.47. The van der Waals surface area contributed by atoms with Gasteiger partial charge in [0.2, 0.25) is 5.91 Å². The van der Waals surface area contributed by atoms with Crippen LogP contribution in [0.4, 0.5) is 4.79 Å². The first-order chi connectivity index (χ1) is 7.56. The zero-order valence-electron chi connectivity index (χ0n) is 10.2. The van der Waals surface area contributed by atoms with Crippen LogP contribution in [-0.2, 0) is 9.53 Å². The van der Waals surface area contributed by atoms with Crippen molar-refractivity contribution < 1.29 is 14.3 Å². The maximum absolute atomic E-state index is 11.9. The maximum Gasteiger partial charge on any atom is 0.409 e. The number of hydrogen-bond donors (Lipinski definition) is 0. The van der Waals surface area contributed by atoms with Crippen molar-refractivity contribution in [1.29, 1.82) is 0 Å². The van der Waals surface area contributed by atoms with Crippen LogP contribution < -0.4 is 0 Å². The first-order valence-electron chi connectivity index (χ1n) is 5.64. The van der Waals surface area contributed by atoms with E-state index in [1.54, 1.807) is 7.05 Å². The molecular weight excluding hydrogens is 208 g/mol. The van der Waals surface area contributed by atoms with Gasteiger partial charge in [0, 0.05) is 19.6 Å². The predicted octanol–water partition coefficient (Wildman–Crippen LogP) is 1.09. The van der Waals surface area contributed by atoms with E-state index in [0.29, 0.717) is 0 Å². The molecule has 2 amide bonds. The molecule has 1 unspecified atom stereocenters. The molecule has 0 radical (unpaired) electrons. The molecule has 1 heterocycles. The zero-order valence-corrected chi connectivity index (χ0v) is 10.2. The molecule has 0 bridgehead atoms. The van der Waals surface area contributed by atoms with Crippen molar-refractivity contribution in [1.82, 2.24) is 9.80 Å². The normalized spacial score (nSPS) is 20.4. The van der Waals surface area contributed by atoms with Crippen LogP contribution in [0.15, 0.2) is 0 Å². The minimum atomic E-state index is -0.474. The van der Waals surface area contributed by atoms with Gasteiger partial charge in [0.05, 0.1) is 7.11 Å². The summed E-state index contributed by atoms with van der Waals surface area (Å²) < 4.78 is 4.54. The number of likely N-dealkylation sites (N-methyl/N-ethyl adjacent to an activating group) is 1. The number of likely N-dealkylation sites (tertiary alicyclic amines) is 1. The van der Waals surface area contributed by atoms with Crippen LogP contribution in [0.25, 0.3) is 0 Å². The van der Waals surface area contributed by atoms with Gasteiger partial charge in [-0.15, -0.1) is 0 Å².